The average Bonchev–Trinajstić information content (AvgIpc) is 2.90. The van der Waals surface area contributed by atoms with Crippen molar-refractivity contribution in [1.82, 2.24) is 19.3 Å². The fourth-order valence-electron chi connectivity index (χ4n) is 2.42. The summed E-state index contributed by atoms with van der Waals surface area (Å²) in [6.07, 6.45) is 0.862. The van der Waals surface area contributed by atoms with Crippen molar-refractivity contribution in [3.8, 4) is 5.69 Å². The molecular formula is C14H15ClN4S. The van der Waals surface area contributed by atoms with Crippen LogP contribution >= 0.6 is 23.8 Å². The first-order valence-corrected chi connectivity index (χ1v) is 7.24. The van der Waals surface area contributed by atoms with Gasteiger partial charge in [0.1, 0.15) is 5.52 Å². The van der Waals surface area contributed by atoms with Crippen LogP contribution < -0.4 is 0 Å². The molecule has 0 unspecified atom stereocenters. The predicted molar refractivity (Wildman–Crippen MR) is 84.4 cm³/mol. The Kier molecular flexibility index (Phi) is 3.18. The Morgan fingerprint density at radius 2 is 2.15 bits per heavy atom. The van der Waals surface area contributed by atoms with E-state index in [-0.39, 0.29) is 0 Å². The molecule has 104 valence electrons. The molecule has 6 heteroatoms. The smallest absolute Gasteiger partial charge is 0.184 e. The maximum absolute atomic E-state index is 6.23. The maximum atomic E-state index is 6.23. The average molecular weight is 307 g/mol. The predicted octanol–water partition coefficient (Wildman–Crippen LogP) is 3.95. The molecular weight excluding hydrogens is 292 g/mol. The molecule has 1 N–H and O–H groups in total. The number of benzene rings is 1. The van der Waals surface area contributed by atoms with Crippen LogP contribution in [0.1, 0.15) is 18.2 Å². The van der Waals surface area contributed by atoms with E-state index in [0.29, 0.717) is 4.77 Å². The van der Waals surface area contributed by atoms with Gasteiger partial charge in [-0.2, -0.15) is 5.10 Å². The van der Waals surface area contributed by atoms with Crippen LogP contribution in [0.4, 0.5) is 0 Å². The molecule has 0 saturated carbocycles. The van der Waals surface area contributed by atoms with E-state index in [1.165, 1.54) is 0 Å². The van der Waals surface area contributed by atoms with Crippen molar-refractivity contribution in [3.05, 3.63) is 39.3 Å². The van der Waals surface area contributed by atoms with Gasteiger partial charge >= 0.3 is 0 Å². The van der Waals surface area contributed by atoms with Gasteiger partial charge in [-0.15, -0.1) is 0 Å². The maximum Gasteiger partial charge on any atom is 0.184 e. The lowest BCUT2D eigenvalue weighted by Gasteiger charge is -2.06. The Morgan fingerprint density at radius 1 is 1.40 bits per heavy atom. The van der Waals surface area contributed by atoms with Gasteiger partial charge in [0.05, 0.1) is 11.4 Å². The van der Waals surface area contributed by atoms with E-state index in [1.807, 2.05) is 41.4 Å². The summed E-state index contributed by atoms with van der Waals surface area (Å²) in [5, 5.41) is 5.25. The summed E-state index contributed by atoms with van der Waals surface area (Å²) >= 11 is 11.7. The fourth-order valence-corrected chi connectivity index (χ4v) is 2.89. The summed E-state index contributed by atoms with van der Waals surface area (Å²) in [5.41, 5.74) is 4.98. The van der Waals surface area contributed by atoms with Gasteiger partial charge in [-0.25, -0.2) is 4.68 Å². The molecule has 0 aliphatic heterocycles. The summed E-state index contributed by atoms with van der Waals surface area (Å²) in [4.78, 5) is 3.25. The highest BCUT2D eigenvalue weighted by Crippen LogP contribution is 2.25. The lowest BCUT2D eigenvalue weighted by Crippen LogP contribution is -2.01. The van der Waals surface area contributed by atoms with Gasteiger partial charge in [-0.3, -0.25) is 4.57 Å². The van der Waals surface area contributed by atoms with Crippen molar-refractivity contribution in [2.45, 2.75) is 20.3 Å². The molecule has 0 bridgehead atoms. The molecule has 0 saturated heterocycles. The van der Waals surface area contributed by atoms with Crippen LogP contribution in [0.15, 0.2) is 18.2 Å². The SMILES string of the molecule is CCc1nn(C)c2c1[nH]c(=S)n2-c1ccc(C)c(Cl)c1. The van der Waals surface area contributed by atoms with Gasteiger partial charge < -0.3 is 4.98 Å². The van der Waals surface area contributed by atoms with E-state index in [4.69, 9.17) is 23.8 Å². The zero-order valence-corrected chi connectivity index (χ0v) is 13.1. The van der Waals surface area contributed by atoms with Crippen molar-refractivity contribution < 1.29 is 0 Å². The molecule has 3 rings (SSSR count). The molecule has 0 aliphatic carbocycles. The van der Waals surface area contributed by atoms with Crippen molar-refractivity contribution in [3.63, 3.8) is 0 Å². The Bertz CT molecular complexity index is 856. The highest BCUT2D eigenvalue weighted by molar-refractivity contribution is 7.71. The standard InChI is InChI=1S/C14H15ClN4S/c1-4-11-12-13(18(3)17-11)19(14(20)16-12)9-6-5-8(2)10(15)7-9/h5-7H,4H2,1-3H3,(H,16,20). The van der Waals surface area contributed by atoms with Crippen LogP contribution in [0.5, 0.6) is 0 Å². The largest absolute Gasteiger partial charge is 0.327 e. The van der Waals surface area contributed by atoms with E-state index >= 15 is 0 Å². The molecule has 1 aromatic carbocycles. The zero-order valence-electron chi connectivity index (χ0n) is 11.6. The summed E-state index contributed by atoms with van der Waals surface area (Å²) in [5.74, 6) is 0. The number of hydrogen-bond donors (Lipinski definition) is 1. The second kappa shape index (κ2) is 4.75. The highest BCUT2D eigenvalue weighted by atomic mass is 35.5. The summed E-state index contributed by atoms with van der Waals surface area (Å²) in [6.45, 7) is 4.07. The third-order valence-electron chi connectivity index (χ3n) is 3.48. The Hall–Kier alpha value is -1.59. The van der Waals surface area contributed by atoms with Crippen LogP contribution in [0.25, 0.3) is 16.9 Å². The van der Waals surface area contributed by atoms with Crippen LogP contribution in [-0.2, 0) is 13.5 Å². The molecule has 2 heterocycles. The summed E-state index contributed by atoms with van der Waals surface area (Å²) in [7, 11) is 1.93. The number of nitrogens with zero attached hydrogens (tertiary/aromatic N) is 3. The number of H-pyrrole nitrogens is 1. The highest BCUT2D eigenvalue weighted by Gasteiger charge is 2.15. The first-order valence-electron chi connectivity index (χ1n) is 6.46. The first-order chi connectivity index (χ1) is 9.52. The van der Waals surface area contributed by atoms with Gasteiger partial charge in [-0.1, -0.05) is 24.6 Å². The molecule has 20 heavy (non-hydrogen) atoms. The first kappa shape index (κ1) is 13.4. The van der Waals surface area contributed by atoms with E-state index in [9.17, 15) is 0 Å². The molecule has 3 aromatic rings. The summed E-state index contributed by atoms with van der Waals surface area (Å²) < 4.78 is 4.48. The normalized spacial score (nSPS) is 11.4. The zero-order chi connectivity index (χ0) is 14.4. The third kappa shape index (κ3) is 1.89. The second-order valence-electron chi connectivity index (χ2n) is 4.82. The minimum Gasteiger partial charge on any atom is -0.327 e. The molecule has 0 spiro atoms. The van der Waals surface area contributed by atoms with E-state index < -0.39 is 0 Å². The number of aromatic nitrogens is 4. The van der Waals surface area contributed by atoms with E-state index in [0.717, 1.165) is 39.6 Å². The number of halogens is 1. The molecule has 0 atom stereocenters. The Balaban J connectivity index is 2.35. The molecule has 2 aromatic heterocycles. The van der Waals surface area contributed by atoms with Gasteiger partial charge in [0.25, 0.3) is 0 Å². The number of nitrogens with one attached hydrogen (secondary N) is 1. The van der Waals surface area contributed by atoms with Gasteiger partial charge in [-0.05, 0) is 43.3 Å². The van der Waals surface area contributed by atoms with E-state index in [1.54, 1.807) is 0 Å². The number of rotatable bonds is 2. The van der Waals surface area contributed by atoms with Crippen LogP contribution in [0, 0.1) is 11.7 Å². The van der Waals surface area contributed by atoms with Crippen molar-refractivity contribution >= 4 is 35.0 Å². The second-order valence-corrected chi connectivity index (χ2v) is 5.62. The minimum atomic E-state index is 0.655. The van der Waals surface area contributed by atoms with Crippen LogP contribution in [-0.4, -0.2) is 19.3 Å². The molecule has 0 fully saturated rings. The Morgan fingerprint density at radius 3 is 2.80 bits per heavy atom. The number of hydrogen-bond acceptors (Lipinski definition) is 2. The van der Waals surface area contributed by atoms with Gasteiger partial charge in [0, 0.05) is 12.1 Å². The lowest BCUT2D eigenvalue weighted by atomic mass is 10.2. The van der Waals surface area contributed by atoms with Crippen molar-refractivity contribution in [1.29, 1.82) is 0 Å². The monoisotopic (exact) mass is 306 g/mol. The lowest BCUT2D eigenvalue weighted by molar-refractivity contribution is 0.748. The van der Waals surface area contributed by atoms with Crippen molar-refractivity contribution in [2.24, 2.45) is 7.05 Å². The number of imidazole rings is 1. The third-order valence-corrected chi connectivity index (χ3v) is 4.18. The van der Waals surface area contributed by atoms with Gasteiger partial charge in [0.2, 0.25) is 0 Å². The van der Waals surface area contributed by atoms with Crippen LogP contribution in [0.3, 0.4) is 0 Å². The van der Waals surface area contributed by atoms with Gasteiger partial charge in [0.15, 0.2) is 10.4 Å². The molecule has 0 aliphatic rings. The van der Waals surface area contributed by atoms with E-state index in [2.05, 4.69) is 17.0 Å². The van der Waals surface area contributed by atoms with Crippen LogP contribution in [0.2, 0.25) is 5.02 Å². The van der Waals surface area contributed by atoms with Crippen molar-refractivity contribution in [2.75, 3.05) is 0 Å². The molecule has 4 nitrogen and oxygen atoms in total. The quantitative estimate of drug-likeness (QED) is 0.728. The topological polar surface area (TPSA) is 38.5 Å². The Labute approximate surface area is 127 Å². The molecule has 0 amide bonds. The fraction of sp³-hybridized carbons (Fsp3) is 0.286. The number of aromatic amines is 1. The number of aryl methyl sites for hydroxylation is 3. The number of fused-ring (bicyclic) bond motifs is 1. The minimum absolute atomic E-state index is 0.655. The summed E-state index contributed by atoms with van der Waals surface area (Å²) in [6, 6.07) is 5.94. The molecule has 0 radical (unpaired) electrons.